The summed E-state index contributed by atoms with van der Waals surface area (Å²) in [4.78, 5) is 0. The van der Waals surface area contributed by atoms with Crippen LogP contribution in [0.25, 0.3) is 0 Å². The summed E-state index contributed by atoms with van der Waals surface area (Å²) in [5, 5.41) is 10.8. The smallest absolute Gasteiger partial charge is 0.0831 e. The first-order valence-electron chi connectivity index (χ1n) is 6.38. The molecule has 0 aliphatic heterocycles. The van der Waals surface area contributed by atoms with Crippen molar-refractivity contribution in [2.45, 2.75) is 76.4 Å². The molecule has 0 aromatic heterocycles. The van der Waals surface area contributed by atoms with Crippen LogP contribution in [0.5, 0.6) is 0 Å². The van der Waals surface area contributed by atoms with Crippen LogP contribution in [0, 0.1) is 5.41 Å². The summed E-state index contributed by atoms with van der Waals surface area (Å²) in [6, 6.07) is 0. The number of hydrogen-bond acceptors (Lipinski definition) is 2. The maximum atomic E-state index is 10.8. The topological polar surface area (TPSA) is 46.2 Å². The maximum absolute atomic E-state index is 10.8. The Kier molecular flexibility index (Phi) is 2.63. The fourth-order valence-corrected chi connectivity index (χ4v) is 3.72. The molecule has 88 valence electrons. The Balaban J connectivity index is 2.18. The first kappa shape index (κ1) is 11.4. The van der Waals surface area contributed by atoms with E-state index in [0.29, 0.717) is 0 Å². The molecule has 0 bridgehead atoms. The monoisotopic (exact) mass is 211 g/mol. The molecule has 2 rings (SSSR count). The average Bonchev–Trinajstić information content (AvgIpc) is 2.51. The molecule has 0 spiro atoms. The van der Waals surface area contributed by atoms with Gasteiger partial charge >= 0.3 is 0 Å². The van der Waals surface area contributed by atoms with E-state index in [-0.39, 0.29) is 11.0 Å². The minimum atomic E-state index is -0.592. The van der Waals surface area contributed by atoms with Gasteiger partial charge in [0.05, 0.1) is 5.60 Å². The molecule has 15 heavy (non-hydrogen) atoms. The van der Waals surface area contributed by atoms with E-state index in [9.17, 15) is 5.11 Å². The van der Waals surface area contributed by atoms with Crippen molar-refractivity contribution >= 4 is 0 Å². The van der Waals surface area contributed by atoms with Crippen LogP contribution in [0.2, 0.25) is 0 Å². The first-order chi connectivity index (χ1) is 6.87. The maximum Gasteiger partial charge on any atom is 0.0831 e. The molecule has 3 N–H and O–H groups in total. The van der Waals surface area contributed by atoms with Gasteiger partial charge in [-0.25, -0.2) is 0 Å². The zero-order chi connectivity index (χ0) is 11.2. The molecule has 2 saturated carbocycles. The van der Waals surface area contributed by atoms with Crippen molar-refractivity contribution in [3.8, 4) is 0 Å². The predicted octanol–water partition coefficient (Wildman–Crippen LogP) is 2.59. The van der Waals surface area contributed by atoms with Crippen LogP contribution in [0.4, 0.5) is 0 Å². The highest BCUT2D eigenvalue weighted by molar-refractivity contribution is 5.09. The quantitative estimate of drug-likeness (QED) is 0.700. The van der Waals surface area contributed by atoms with Crippen molar-refractivity contribution in [2.24, 2.45) is 11.1 Å². The molecular formula is C13H25NO. The predicted molar refractivity (Wildman–Crippen MR) is 62.6 cm³/mol. The summed E-state index contributed by atoms with van der Waals surface area (Å²) < 4.78 is 0. The fraction of sp³-hybridized carbons (Fsp3) is 1.00. The molecule has 0 saturated heterocycles. The van der Waals surface area contributed by atoms with Gasteiger partial charge in [0.25, 0.3) is 0 Å². The lowest BCUT2D eigenvalue weighted by Crippen LogP contribution is -2.61. The van der Waals surface area contributed by atoms with Gasteiger partial charge in [-0.1, -0.05) is 26.7 Å². The van der Waals surface area contributed by atoms with Gasteiger partial charge < -0.3 is 10.8 Å². The second kappa shape index (κ2) is 3.46. The Labute approximate surface area is 93.2 Å². The van der Waals surface area contributed by atoms with Crippen LogP contribution in [0.15, 0.2) is 0 Å². The van der Waals surface area contributed by atoms with Crippen LogP contribution in [0.3, 0.4) is 0 Å². The molecule has 0 amide bonds. The highest BCUT2D eigenvalue weighted by atomic mass is 16.3. The third kappa shape index (κ3) is 1.94. The Bertz CT molecular complexity index is 243. The van der Waals surface area contributed by atoms with E-state index in [4.69, 9.17) is 5.73 Å². The van der Waals surface area contributed by atoms with Gasteiger partial charge in [0.1, 0.15) is 0 Å². The van der Waals surface area contributed by atoms with E-state index in [1.807, 2.05) is 0 Å². The molecule has 1 unspecified atom stereocenters. The number of hydrogen-bond donors (Lipinski definition) is 2. The first-order valence-corrected chi connectivity index (χ1v) is 6.38. The lowest BCUT2D eigenvalue weighted by molar-refractivity contribution is -0.0941. The van der Waals surface area contributed by atoms with Gasteiger partial charge in [0.15, 0.2) is 0 Å². The van der Waals surface area contributed by atoms with Crippen molar-refractivity contribution in [1.29, 1.82) is 0 Å². The number of nitrogens with two attached hydrogens (primary N) is 1. The van der Waals surface area contributed by atoms with Crippen molar-refractivity contribution in [2.75, 3.05) is 0 Å². The summed E-state index contributed by atoms with van der Waals surface area (Å²) in [7, 11) is 0. The minimum Gasteiger partial charge on any atom is -0.388 e. The summed E-state index contributed by atoms with van der Waals surface area (Å²) in [6.45, 7) is 4.52. The second-order valence-electron chi connectivity index (χ2n) is 6.59. The SMILES string of the molecule is CC1(C)CCCC(O)(C2(N)CCCC2)C1. The lowest BCUT2D eigenvalue weighted by Gasteiger charge is -2.50. The molecule has 1 atom stereocenters. The van der Waals surface area contributed by atoms with Crippen LogP contribution >= 0.6 is 0 Å². The highest BCUT2D eigenvalue weighted by Gasteiger charge is 2.52. The third-order valence-corrected chi connectivity index (χ3v) is 4.64. The normalized spacial score (nSPS) is 39.2. The zero-order valence-corrected chi connectivity index (χ0v) is 10.2. The zero-order valence-electron chi connectivity index (χ0n) is 10.2. The van der Waals surface area contributed by atoms with Crippen LogP contribution in [-0.2, 0) is 0 Å². The molecule has 0 radical (unpaired) electrons. The standard InChI is InChI=1S/C13H25NO/c1-11(2)6-5-9-13(15,10-11)12(14)7-3-4-8-12/h15H,3-10,14H2,1-2H3. The molecule has 2 heteroatoms. The van der Waals surface area contributed by atoms with Crippen molar-refractivity contribution < 1.29 is 5.11 Å². The van der Waals surface area contributed by atoms with Gasteiger partial charge in [0, 0.05) is 5.54 Å². The van der Waals surface area contributed by atoms with E-state index in [1.165, 1.54) is 19.3 Å². The summed E-state index contributed by atoms with van der Waals surface area (Å²) >= 11 is 0. The number of aliphatic hydroxyl groups is 1. The van der Waals surface area contributed by atoms with E-state index in [1.54, 1.807) is 0 Å². The minimum absolute atomic E-state index is 0.266. The van der Waals surface area contributed by atoms with Crippen LogP contribution in [0.1, 0.15) is 65.2 Å². The molecule has 0 heterocycles. The van der Waals surface area contributed by atoms with Gasteiger partial charge in [-0.05, 0) is 43.9 Å². The van der Waals surface area contributed by atoms with E-state index in [0.717, 1.165) is 32.1 Å². The molecule has 0 aromatic rings. The number of rotatable bonds is 1. The van der Waals surface area contributed by atoms with E-state index in [2.05, 4.69) is 13.8 Å². The van der Waals surface area contributed by atoms with Crippen molar-refractivity contribution in [1.82, 2.24) is 0 Å². The Morgan fingerprint density at radius 2 is 1.53 bits per heavy atom. The van der Waals surface area contributed by atoms with E-state index < -0.39 is 5.60 Å². The molecule has 2 fully saturated rings. The third-order valence-electron chi connectivity index (χ3n) is 4.64. The largest absolute Gasteiger partial charge is 0.388 e. The fourth-order valence-electron chi connectivity index (χ4n) is 3.72. The van der Waals surface area contributed by atoms with Crippen LogP contribution < -0.4 is 5.73 Å². The van der Waals surface area contributed by atoms with Crippen molar-refractivity contribution in [3.05, 3.63) is 0 Å². The summed E-state index contributed by atoms with van der Waals surface area (Å²) in [5.41, 5.74) is 5.83. The Morgan fingerprint density at radius 1 is 0.933 bits per heavy atom. The average molecular weight is 211 g/mol. The Hall–Kier alpha value is -0.0800. The second-order valence-corrected chi connectivity index (χ2v) is 6.59. The lowest BCUT2D eigenvalue weighted by atomic mass is 9.62. The van der Waals surface area contributed by atoms with Gasteiger partial charge in [-0.3, -0.25) is 0 Å². The van der Waals surface area contributed by atoms with Crippen molar-refractivity contribution in [3.63, 3.8) is 0 Å². The van der Waals surface area contributed by atoms with Gasteiger partial charge in [0.2, 0.25) is 0 Å². The highest BCUT2D eigenvalue weighted by Crippen LogP contribution is 2.49. The molecule has 0 aromatic carbocycles. The molecule has 2 nitrogen and oxygen atoms in total. The van der Waals surface area contributed by atoms with E-state index >= 15 is 0 Å². The molecular weight excluding hydrogens is 186 g/mol. The van der Waals surface area contributed by atoms with Gasteiger partial charge in [-0.2, -0.15) is 0 Å². The van der Waals surface area contributed by atoms with Crippen LogP contribution in [-0.4, -0.2) is 16.2 Å². The molecule has 2 aliphatic carbocycles. The molecule has 2 aliphatic rings. The Morgan fingerprint density at radius 3 is 2.07 bits per heavy atom. The van der Waals surface area contributed by atoms with Gasteiger partial charge in [-0.15, -0.1) is 0 Å². The summed E-state index contributed by atoms with van der Waals surface area (Å²) in [5.74, 6) is 0. The summed E-state index contributed by atoms with van der Waals surface area (Å²) in [6.07, 6.45) is 8.56.